The van der Waals surface area contributed by atoms with E-state index in [2.05, 4.69) is 38.2 Å². The van der Waals surface area contributed by atoms with Gasteiger partial charge in [0.15, 0.2) is 0 Å². The van der Waals surface area contributed by atoms with E-state index in [1.807, 2.05) is 6.92 Å². The van der Waals surface area contributed by atoms with Crippen LogP contribution >= 0.6 is 0 Å². The topological polar surface area (TPSA) is 21.3 Å². The normalized spacial score (nSPS) is 17.1. The Bertz CT molecular complexity index is 382. The number of hydrogen-bond donors (Lipinski definition) is 1. The van der Waals surface area contributed by atoms with Gasteiger partial charge in [0, 0.05) is 17.6 Å². The summed E-state index contributed by atoms with van der Waals surface area (Å²) in [7, 11) is 0. The molecule has 0 saturated carbocycles. The first-order valence-electron chi connectivity index (χ1n) is 5.56. The third-order valence-electron chi connectivity index (χ3n) is 3.06. The highest BCUT2D eigenvalue weighted by atomic mass is 16.5. The highest BCUT2D eigenvalue weighted by Gasteiger charge is 2.31. The first kappa shape index (κ1) is 10.3. The summed E-state index contributed by atoms with van der Waals surface area (Å²) in [5.41, 5.74) is 4.17. The highest BCUT2D eigenvalue weighted by molar-refractivity contribution is 5.66. The Kier molecular flexibility index (Phi) is 2.37. The fourth-order valence-electron chi connectivity index (χ4n) is 2.18. The second-order valence-corrected chi connectivity index (χ2v) is 4.83. The molecule has 1 aromatic rings. The fraction of sp³-hybridized carbons (Fsp3) is 0.538. The van der Waals surface area contributed by atoms with Gasteiger partial charge in [-0.25, -0.2) is 0 Å². The molecule has 1 N–H and O–H groups in total. The lowest BCUT2D eigenvalue weighted by molar-refractivity contribution is 0.339. The molecule has 1 aliphatic rings. The Labute approximate surface area is 91.6 Å². The molecule has 1 aromatic carbocycles. The second-order valence-electron chi connectivity index (χ2n) is 4.83. The zero-order valence-electron chi connectivity index (χ0n) is 9.98. The molecule has 2 nitrogen and oxygen atoms in total. The number of benzene rings is 1. The van der Waals surface area contributed by atoms with Gasteiger partial charge in [0.25, 0.3) is 0 Å². The van der Waals surface area contributed by atoms with Crippen molar-refractivity contribution in [3.63, 3.8) is 0 Å². The maximum atomic E-state index is 5.58. The molecule has 0 bridgehead atoms. The van der Waals surface area contributed by atoms with Crippen molar-refractivity contribution < 1.29 is 4.74 Å². The van der Waals surface area contributed by atoms with Gasteiger partial charge in [-0.15, -0.1) is 0 Å². The molecule has 15 heavy (non-hydrogen) atoms. The minimum absolute atomic E-state index is 0.215. The van der Waals surface area contributed by atoms with E-state index in [-0.39, 0.29) is 5.41 Å². The highest BCUT2D eigenvalue weighted by Crippen LogP contribution is 2.40. The Balaban J connectivity index is 2.49. The Morgan fingerprint density at radius 3 is 2.80 bits per heavy atom. The molecule has 1 heterocycles. The summed E-state index contributed by atoms with van der Waals surface area (Å²) < 4.78 is 5.58. The average molecular weight is 205 g/mol. The van der Waals surface area contributed by atoms with Gasteiger partial charge in [-0.1, -0.05) is 13.8 Å². The summed E-state index contributed by atoms with van der Waals surface area (Å²) in [5, 5.41) is 3.47. The van der Waals surface area contributed by atoms with Crippen molar-refractivity contribution in [2.45, 2.75) is 33.1 Å². The van der Waals surface area contributed by atoms with E-state index >= 15 is 0 Å². The molecule has 2 rings (SSSR count). The van der Waals surface area contributed by atoms with Gasteiger partial charge < -0.3 is 10.1 Å². The largest absolute Gasteiger partial charge is 0.494 e. The van der Waals surface area contributed by atoms with Crippen molar-refractivity contribution >= 4 is 5.69 Å². The van der Waals surface area contributed by atoms with E-state index in [1.54, 1.807) is 0 Å². The Morgan fingerprint density at radius 1 is 1.40 bits per heavy atom. The minimum Gasteiger partial charge on any atom is -0.494 e. The first-order chi connectivity index (χ1) is 7.04. The number of nitrogens with one attached hydrogen (secondary N) is 1. The molecule has 82 valence electrons. The van der Waals surface area contributed by atoms with Crippen molar-refractivity contribution in [1.82, 2.24) is 0 Å². The van der Waals surface area contributed by atoms with Crippen LogP contribution in [0.2, 0.25) is 0 Å². The van der Waals surface area contributed by atoms with E-state index in [4.69, 9.17) is 4.74 Å². The maximum Gasteiger partial charge on any atom is 0.119 e. The SMILES string of the molecule is CCOc1cc(C)c2c(c1)C(C)(C)CN2. The predicted octanol–water partition coefficient (Wildman–Crippen LogP) is 3.10. The second kappa shape index (κ2) is 3.44. The van der Waals surface area contributed by atoms with Crippen LogP contribution in [0.15, 0.2) is 12.1 Å². The van der Waals surface area contributed by atoms with Crippen LogP contribution in [-0.2, 0) is 5.41 Å². The van der Waals surface area contributed by atoms with Crippen LogP contribution in [0.5, 0.6) is 5.75 Å². The van der Waals surface area contributed by atoms with Crippen LogP contribution in [0.4, 0.5) is 5.69 Å². The number of fused-ring (bicyclic) bond motifs is 1. The number of rotatable bonds is 2. The molecule has 1 aliphatic heterocycles. The Morgan fingerprint density at radius 2 is 2.13 bits per heavy atom. The molecule has 0 spiro atoms. The van der Waals surface area contributed by atoms with Crippen LogP contribution in [0.3, 0.4) is 0 Å². The van der Waals surface area contributed by atoms with E-state index < -0.39 is 0 Å². The van der Waals surface area contributed by atoms with Crippen LogP contribution in [0, 0.1) is 6.92 Å². The summed E-state index contributed by atoms with van der Waals surface area (Å²) in [6.45, 7) is 10.4. The van der Waals surface area contributed by atoms with E-state index in [1.165, 1.54) is 16.8 Å². The standard InChI is InChI=1S/C13H19NO/c1-5-15-10-6-9(2)12-11(7-10)13(3,4)8-14-12/h6-7,14H,5,8H2,1-4H3. The average Bonchev–Trinajstić information content (AvgIpc) is 2.44. The van der Waals surface area contributed by atoms with Gasteiger partial charge in [-0.3, -0.25) is 0 Å². The summed E-state index contributed by atoms with van der Waals surface area (Å²) >= 11 is 0. The molecule has 0 fully saturated rings. The molecule has 0 radical (unpaired) electrons. The molecule has 0 aliphatic carbocycles. The summed E-state index contributed by atoms with van der Waals surface area (Å²) in [5.74, 6) is 0.991. The zero-order valence-corrected chi connectivity index (χ0v) is 9.98. The van der Waals surface area contributed by atoms with Crippen LogP contribution in [0.1, 0.15) is 31.9 Å². The number of ether oxygens (including phenoxy) is 1. The quantitative estimate of drug-likeness (QED) is 0.801. The summed E-state index contributed by atoms with van der Waals surface area (Å²) in [6.07, 6.45) is 0. The van der Waals surface area contributed by atoms with Crippen molar-refractivity contribution in [2.24, 2.45) is 0 Å². The molecular formula is C13H19NO. The van der Waals surface area contributed by atoms with Crippen molar-refractivity contribution in [2.75, 3.05) is 18.5 Å². The molecule has 2 heteroatoms. The van der Waals surface area contributed by atoms with Gasteiger partial charge in [0.05, 0.1) is 6.61 Å². The van der Waals surface area contributed by atoms with E-state index in [9.17, 15) is 0 Å². The lowest BCUT2D eigenvalue weighted by Gasteiger charge is -2.18. The van der Waals surface area contributed by atoms with Crippen molar-refractivity contribution in [1.29, 1.82) is 0 Å². The number of hydrogen-bond acceptors (Lipinski definition) is 2. The van der Waals surface area contributed by atoms with Crippen LogP contribution < -0.4 is 10.1 Å². The van der Waals surface area contributed by atoms with Gasteiger partial charge >= 0.3 is 0 Å². The van der Waals surface area contributed by atoms with Crippen molar-refractivity contribution in [3.05, 3.63) is 23.3 Å². The number of anilines is 1. The smallest absolute Gasteiger partial charge is 0.119 e. The van der Waals surface area contributed by atoms with Crippen LogP contribution in [0.25, 0.3) is 0 Å². The monoisotopic (exact) mass is 205 g/mol. The molecule has 0 amide bonds. The zero-order chi connectivity index (χ0) is 11.1. The molecule has 0 saturated heterocycles. The molecule has 0 aromatic heterocycles. The fourth-order valence-corrected chi connectivity index (χ4v) is 2.18. The predicted molar refractivity (Wildman–Crippen MR) is 63.9 cm³/mol. The lowest BCUT2D eigenvalue weighted by atomic mass is 9.86. The van der Waals surface area contributed by atoms with Gasteiger partial charge in [0.2, 0.25) is 0 Å². The third kappa shape index (κ3) is 1.69. The van der Waals surface area contributed by atoms with Gasteiger partial charge in [0.1, 0.15) is 5.75 Å². The first-order valence-corrected chi connectivity index (χ1v) is 5.56. The molecule has 0 unspecified atom stereocenters. The summed E-state index contributed by atoms with van der Waals surface area (Å²) in [6, 6.07) is 4.28. The minimum atomic E-state index is 0.215. The molecular weight excluding hydrogens is 186 g/mol. The Hall–Kier alpha value is -1.18. The number of aryl methyl sites for hydroxylation is 1. The van der Waals surface area contributed by atoms with E-state index in [0.717, 1.165) is 18.9 Å². The summed E-state index contributed by atoms with van der Waals surface area (Å²) in [4.78, 5) is 0. The van der Waals surface area contributed by atoms with Crippen molar-refractivity contribution in [3.8, 4) is 5.75 Å². The van der Waals surface area contributed by atoms with E-state index in [0.29, 0.717) is 0 Å². The van der Waals surface area contributed by atoms with Crippen LogP contribution in [-0.4, -0.2) is 13.2 Å². The van der Waals surface area contributed by atoms with Gasteiger partial charge in [-0.05, 0) is 37.1 Å². The lowest BCUT2D eigenvalue weighted by Crippen LogP contribution is -2.18. The third-order valence-corrected chi connectivity index (χ3v) is 3.06. The van der Waals surface area contributed by atoms with Gasteiger partial charge in [-0.2, -0.15) is 0 Å². The maximum absolute atomic E-state index is 5.58. The molecule has 0 atom stereocenters.